The van der Waals surface area contributed by atoms with Gasteiger partial charge in [-0.05, 0) is 44.0 Å². The number of benzene rings is 2. The van der Waals surface area contributed by atoms with Gasteiger partial charge in [0, 0.05) is 23.9 Å². The quantitative estimate of drug-likeness (QED) is 0.788. The van der Waals surface area contributed by atoms with Crippen molar-refractivity contribution < 1.29 is 19.1 Å². The number of hydrogen-bond acceptors (Lipinski definition) is 4. The van der Waals surface area contributed by atoms with Crippen LogP contribution in [0.25, 0.3) is 0 Å². The standard InChI is InChI=1S/C21H24N2O4/c1-15-5-2-6-16(11-15)21(25)22-13-20(24)23-17-7-3-8-18(12-17)27-14-19-9-4-10-26-19/h2-3,5-8,11-12,19H,4,9-10,13-14H2,1H3,(H,22,25)(H,23,24). The number of aryl methyl sites for hydroxylation is 1. The first-order chi connectivity index (χ1) is 13.1. The lowest BCUT2D eigenvalue weighted by Crippen LogP contribution is -2.32. The largest absolute Gasteiger partial charge is 0.491 e. The Hall–Kier alpha value is -2.86. The first kappa shape index (κ1) is 18.9. The molecular weight excluding hydrogens is 344 g/mol. The molecule has 0 radical (unpaired) electrons. The van der Waals surface area contributed by atoms with Gasteiger partial charge in [-0.3, -0.25) is 9.59 Å². The number of anilines is 1. The highest BCUT2D eigenvalue weighted by Gasteiger charge is 2.16. The number of carbonyl (C=O) groups is 2. The molecule has 2 amide bonds. The molecule has 1 unspecified atom stereocenters. The molecule has 6 heteroatoms. The van der Waals surface area contributed by atoms with Crippen LogP contribution in [0.1, 0.15) is 28.8 Å². The fourth-order valence-electron chi connectivity index (χ4n) is 2.88. The number of ether oxygens (including phenoxy) is 2. The lowest BCUT2D eigenvalue weighted by Gasteiger charge is -2.13. The summed E-state index contributed by atoms with van der Waals surface area (Å²) in [4.78, 5) is 24.2. The summed E-state index contributed by atoms with van der Waals surface area (Å²) in [5, 5.41) is 5.39. The SMILES string of the molecule is Cc1cccc(C(=O)NCC(=O)Nc2cccc(OCC3CCCO3)c2)c1. The molecule has 0 bridgehead atoms. The van der Waals surface area contributed by atoms with Crippen molar-refractivity contribution in [3.63, 3.8) is 0 Å². The lowest BCUT2D eigenvalue weighted by molar-refractivity contribution is -0.115. The van der Waals surface area contributed by atoms with Gasteiger partial charge in [0.25, 0.3) is 5.91 Å². The van der Waals surface area contributed by atoms with Crippen LogP contribution in [0.15, 0.2) is 48.5 Å². The Bertz CT molecular complexity index is 800. The minimum absolute atomic E-state index is 0.103. The van der Waals surface area contributed by atoms with Crippen molar-refractivity contribution in [1.29, 1.82) is 0 Å². The zero-order chi connectivity index (χ0) is 19.1. The van der Waals surface area contributed by atoms with Crippen LogP contribution in [0.5, 0.6) is 5.75 Å². The Kier molecular flexibility index (Phi) is 6.44. The topological polar surface area (TPSA) is 76.7 Å². The van der Waals surface area contributed by atoms with E-state index in [9.17, 15) is 9.59 Å². The summed E-state index contributed by atoms with van der Waals surface area (Å²) >= 11 is 0. The molecule has 0 spiro atoms. The van der Waals surface area contributed by atoms with Crippen molar-refractivity contribution in [1.82, 2.24) is 5.32 Å². The minimum atomic E-state index is -0.299. The fourth-order valence-corrected chi connectivity index (χ4v) is 2.88. The number of rotatable bonds is 7. The number of hydrogen-bond donors (Lipinski definition) is 2. The third-order valence-corrected chi connectivity index (χ3v) is 4.27. The molecule has 1 aliphatic heterocycles. The van der Waals surface area contributed by atoms with Gasteiger partial charge in [0.1, 0.15) is 12.4 Å². The molecule has 2 aromatic carbocycles. The van der Waals surface area contributed by atoms with Crippen LogP contribution >= 0.6 is 0 Å². The van der Waals surface area contributed by atoms with Crippen LogP contribution in [-0.4, -0.2) is 37.7 Å². The molecule has 3 rings (SSSR count). The molecule has 2 aromatic rings. The maximum Gasteiger partial charge on any atom is 0.251 e. The van der Waals surface area contributed by atoms with Crippen LogP contribution < -0.4 is 15.4 Å². The molecule has 0 aliphatic carbocycles. The van der Waals surface area contributed by atoms with Crippen molar-refractivity contribution >= 4 is 17.5 Å². The van der Waals surface area contributed by atoms with Crippen LogP contribution in [0.4, 0.5) is 5.69 Å². The van der Waals surface area contributed by atoms with E-state index < -0.39 is 0 Å². The zero-order valence-corrected chi connectivity index (χ0v) is 15.4. The highest BCUT2D eigenvalue weighted by molar-refractivity contribution is 5.99. The summed E-state index contributed by atoms with van der Waals surface area (Å²) < 4.78 is 11.3. The Balaban J connectivity index is 1.47. The van der Waals surface area contributed by atoms with E-state index in [1.165, 1.54) is 0 Å². The summed E-state index contributed by atoms with van der Waals surface area (Å²) in [6.45, 7) is 3.10. The Labute approximate surface area is 158 Å². The average Bonchev–Trinajstić information content (AvgIpc) is 3.18. The van der Waals surface area contributed by atoms with Gasteiger partial charge < -0.3 is 20.1 Å². The molecule has 27 heavy (non-hydrogen) atoms. The lowest BCUT2D eigenvalue weighted by atomic mass is 10.1. The number of nitrogens with one attached hydrogen (secondary N) is 2. The highest BCUT2D eigenvalue weighted by atomic mass is 16.5. The first-order valence-electron chi connectivity index (χ1n) is 9.09. The zero-order valence-electron chi connectivity index (χ0n) is 15.4. The molecule has 1 saturated heterocycles. The molecule has 1 atom stereocenters. The van der Waals surface area contributed by atoms with Crippen LogP contribution in [-0.2, 0) is 9.53 Å². The first-order valence-corrected chi connectivity index (χ1v) is 9.09. The smallest absolute Gasteiger partial charge is 0.251 e. The van der Waals surface area contributed by atoms with Gasteiger partial charge in [-0.2, -0.15) is 0 Å². The molecule has 1 heterocycles. The second-order valence-electron chi connectivity index (χ2n) is 6.57. The van der Waals surface area contributed by atoms with E-state index in [4.69, 9.17) is 9.47 Å². The fraction of sp³-hybridized carbons (Fsp3) is 0.333. The minimum Gasteiger partial charge on any atom is -0.491 e. The number of amides is 2. The van der Waals surface area contributed by atoms with E-state index in [1.54, 1.807) is 24.3 Å². The molecule has 6 nitrogen and oxygen atoms in total. The predicted octanol–water partition coefficient (Wildman–Crippen LogP) is 2.92. The molecule has 0 saturated carbocycles. The second-order valence-corrected chi connectivity index (χ2v) is 6.57. The molecule has 1 aliphatic rings. The van der Waals surface area contributed by atoms with Crippen molar-refractivity contribution in [3.05, 3.63) is 59.7 Å². The van der Waals surface area contributed by atoms with Crippen molar-refractivity contribution in [3.8, 4) is 5.75 Å². The van der Waals surface area contributed by atoms with Gasteiger partial charge in [0.15, 0.2) is 0 Å². The van der Waals surface area contributed by atoms with Gasteiger partial charge in [-0.25, -0.2) is 0 Å². The van der Waals surface area contributed by atoms with Crippen LogP contribution in [0.2, 0.25) is 0 Å². The predicted molar refractivity (Wildman–Crippen MR) is 103 cm³/mol. The van der Waals surface area contributed by atoms with E-state index in [-0.39, 0.29) is 24.5 Å². The summed E-state index contributed by atoms with van der Waals surface area (Å²) in [5.41, 5.74) is 2.15. The van der Waals surface area contributed by atoms with E-state index in [1.807, 2.05) is 31.2 Å². The summed E-state index contributed by atoms with van der Waals surface area (Å²) in [7, 11) is 0. The van der Waals surface area contributed by atoms with Crippen molar-refractivity contribution in [2.75, 3.05) is 25.1 Å². The van der Waals surface area contributed by atoms with Gasteiger partial charge in [-0.1, -0.05) is 23.8 Å². The van der Waals surface area contributed by atoms with E-state index in [2.05, 4.69) is 10.6 Å². The molecule has 2 N–H and O–H groups in total. The Morgan fingerprint density at radius 3 is 2.81 bits per heavy atom. The molecule has 1 fully saturated rings. The summed E-state index contributed by atoms with van der Waals surface area (Å²) in [6.07, 6.45) is 2.22. The van der Waals surface area contributed by atoms with E-state index in [0.29, 0.717) is 23.6 Å². The normalized spacial score (nSPS) is 16.0. The molecule has 142 valence electrons. The van der Waals surface area contributed by atoms with Gasteiger partial charge in [0.2, 0.25) is 5.91 Å². The van der Waals surface area contributed by atoms with E-state index >= 15 is 0 Å². The molecular formula is C21H24N2O4. The summed E-state index contributed by atoms with van der Waals surface area (Å²) in [6, 6.07) is 14.4. The van der Waals surface area contributed by atoms with Gasteiger partial charge in [0.05, 0.1) is 12.6 Å². The van der Waals surface area contributed by atoms with Crippen molar-refractivity contribution in [2.45, 2.75) is 25.9 Å². The highest BCUT2D eigenvalue weighted by Crippen LogP contribution is 2.19. The monoisotopic (exact) mass is 368 g/mol. The van der Waals surface area contributed by atoms with Gasteiger partial charge >= 0.3 is 0 Å². The third-order valence-electron chi connectivity index (χ3n) is 4.27. The molecule has 0 aromatic heterocycles. The number of carbonyl (C=O) groups excluding carboxylic acids is 2. The van der Waals surface area contributed by atoms with Gasteiger partial charge in [-0.15, -0.1) is 0 Å². The average molecular weight is 368 g/mol. The third kappa shape index (κ3) is 5.82. The maximum atomic E-state index is 12.1. The Morgan fingerprint density at radius 1 is 1.19 bits per heavy atom. The van der Waals surface area contributed by atoms with Crippen LogP contribution in [0, 0.1) is 6.92 Å². The summed E-state index contributed by atoms with van der Waals surface area (Å²) in [5.74, 6) is 0.0990. The van der Waals surface area contributed by atoms with Crippen molar-refractivity contribution in [2.24, 2.45) is 0 Å². The van der Waals surface area contributed by atoms with E-state index in [0.717, 1.165) is 25.0 Å². The van der Waals surface area contributed by atoms with Crippen LogP contribution in [0.3, 0.4) is 0 Å². The maximum absolute atomic E-state index is 12.1. The second kappa shape index (κ2) is 9.19. The Morgan fingerprint density at radius 2 is 2.04 bits per heavy atom.